The quantitative estimate of drug-likeness (QED) is 0.129. The number of hydrogen-bond donors (Lipinski definition) is 3. The number of nitrogens with one attached hydrogen (secondary N) is 1. The van der Waals surface area contributed by atoms with Gasteiger partial charge in [0.1, 0.15) is 18.1 Å². The third-order valence-corrected chi connectivity index (χ3v) is 13.0. The van der Waals surface area contributed by atoms with Crippen LogP contribution in [0.15, 0.2) is 140 Å². The number of hydrogen-bond acceptors (Lipinski definition) is 10. The monoisotopic (exact) mass is 1100 g/mol. The van der Waals surface area contributed by atoms with Crippen molar-refractivity contribution in [2.45, 2.75) is 174 Å². The predicted octanol–water partition coefficient (Wildman–Crippen LogP) is 10.8. The maximum absolute atomic E-state index is 12.2. The molecule has 16 heteroatoms. The highest BCUT2D eigenvalue weighted by Gasteiger charge is 2.25. The lowest BCUT2D eigenvalue weighted by atomic mass is 9.89. The molecule has 3 aromatic rings. The summed E-state index contributed by atoms with van der Waals surface area (Å²) in [5.41, 5.74) is 5.03. The highest BCUT2D eigenvalue weighted by atomic mass is 16.4. The first-order valence-electron chi connectivity index (χ1n) is 27.2. The van der Waals surface area contributed by atoms with E-state index in [0.717, 1.165) is 34.4 Å². The minimum absolute atomic E-state index is 0.0104. The number of allylic oxidation sites excluding steroid dienone is 7. The Bertz CT molecular complexity index is 3030. The van der Waals surface area contributed by atoms with E-state index < -0.39 is 17.4 Å². The van der Waals surface area contributed by atoms with Gasteiger partial charge in [-0.1, -0.05) is 152 Å². The van der Waals surface area contributed by atoms with Gasteiger partial charge in [0.25, 0.3) is 22.6 Å². The number of pyridine rings is 3. The van der Waals surface area contributed by atoms with Crippen molar-refractivity contribution in [2.75, 3.05) is 0 Å². The molecular formula is C64H88N4O12. The summed E-state index contributed by atoms with van der Waals surface area (Å²) in [6, 6.07) is 10.8. The molecule has 3 N–H and O–H groups in total. The maximum atomic E-state index is 12.2. The number of aliphatic carboxylic acids is 2. The normalized spacial score (nSPS) is 13.9. The second kappa shape index (κ2) is 33.7. The number of amides is 1. The second-order valence-corrected chi connectivity index (χ2v) is 22.3. The van der Waals surface area contributed by atoms with Gasteiger partial charge in [-0.2, -0.15) is 0 Å². The number of carbonyl (C=O) groups is 7. The molecule has 0 fully saturated rings. The number of carboxylic acids is 2. The van der Waals surface area contributed by atoms with Gasteiger partial charge in [0.15, 0.2) is 11.6 Å². The lowest BCUT2D eigenvalue weighted by Crippen LogP contribution is -2.34. The number of rotatable bonds is 15. The van der Waals surface area contributed by atoms with Crippen LogP contribution < -0.4 is 22.0 Å². The second-order valence-electron chi connectivity index (χ2n) is 22.3. The van der Waals surface area contributed by atoms with Gasteiger partial charge >= 0.3 is 11.9 Å². The summed E-state index contributed by atoms with van der Waals surface area (Å²) < 4.78 is 4.45. The van der Waals surface area contributed by atoms with Crippen LogP contribution in [-0.4, -0.2) is 64.9 Å². The summed E-state index contributed by atoms with van der Waals surface area (Å²) in [5, 5.41) is 20.0. The summed E-state index contributed by atoms with van der Waals surface area (Å²) in [7, 11) is 0. The van der Waals surface area contributed by atoms with E-state index in [-0.39, 0.29) is 87.9 Å². The molecule has 2 aliphatic carbocycles. The lowest BCUT2D eigenvalue weighted by molar-refractivity contribution is -0.138. The molecule has 16 nitrogen and oxygen atoms in total. The molecular weight excluding hydrogens is 1020 g/mol. The molecule has 0 saturated heterocycles. The molecule has 1 amide bonds. The molecule has 0 unspecified atom stereocenters. The first-order chi connectivity index (χ1) is 37.1. The van der Waals surface area contributed by atoms with Crippen molar-refractivity contribution in [2.24, 2.45) is 23.2 Å². The van der Waals surface area contributed by atoms with E-state index in [1.54, 1.807) is 40.6 Å². The minimum Gasteiger partial charge on any atom is -0.480 e. The summed E-state index contributed by atoms with van der Waals surface area (Å²) in [5.74, 6) is -0.138. The first kappa shape index (κ1) is 70.4. The van der Waals surface area contributed by atoms with E-state index in [1.165, 1.54) is 29.8 Å². The Kier molecular flexibility index (Phi) is 29.7. The zero-order valence-corrected chi connectivity index (χ0v) is 50.1. The van der Waals surface area contributed by atoms with Crippen LogP contribution in [0.4, 0.5) is 0 Å². The standard InChI is InChI=1S/C14H21NO2.C12H17NO2.C10H13NO3.C10H12O3.C9H13NO.C9H12O/c1-10(2)12-7-6-8-15(13(12)17)9-14(4,5)11(3)16;1-9(2)11-5-4-7-13(12(11)15)8-6-10(3)14;1-7(2)8-4-3-5-11(10(8)14)6-9(12)13;1-6(2)8-5-7(10(12)13)3-4-9(8)11;1-6(2)8-5-4-7(3)10-9(8)11;1-7(2)8-5-3-4-6-9(8)10/h6-8,10H,9H2,1-5H3;4-5,7,9H,6,8H2,1-3H3;3-5,7H,6H2,1-2H3,(H,12,13);3,5-6H,4H2,1-2H3,(H,12,13);5-6H,3-4H2,1-2H3,(H,10,11);3-5,7H,6H2,1-2H3. The average molecular weight is 1110 g/mol. The van der Waals surface area contributed by atoms with E-state index in [1.807, 2.05) is 146 Å². The molecule has 0 radical (unpaired) electrons. The molecule has 3 aliphatic rings. The molecule has 1 aliphatic heterocycles. The van der Waals surface area contributed by atoms with Gasteiger partial charge in [-0.25, -0.2) is 4.79 Å². The van der Waals surface area contributed by atoms with Crippen molar-refractivity contribution in [3.63, 3.8) is 0 Å². The van der Waals surface area contributed by atoms with Gasteiger partial charge in [-0.15, -0.1) is 0 Å². The van der Waals surface area contributed by atoms with Crippen LogP contribution in [0.5, 0.6) is 0 Å². The van der Waals surface area contributed by atoms with Gasteiger partial charge in [-0.05, 0) is 84.8 Å². The Morgan fingerprint density at radius 2 is 1.05 bits per heavy atom. The van der Waals surface area contributed by atoms with Crippen LogP contribution >= 0.6 is 0 Å². The van der Waals surface area contributed by atoms with Gasteiger partial charge in [-0.3, -0.25) is 43.2 Å². The van der Waals surface area contributed by atoms with Crippen molar-refractivity contribution in [1.82, 2.24) is 19.0 Å². The molecule has 0 atom stereocenters. The van der Waals surface area contributed by atoms with Crippen molar-refractivity contribution < 1.29 is 43.8 Å². The summed E-state index contributed by atoms with van der Waals surface area (Å²) in [6.45, 7) is 34.8. The molecule has 80 heavy (non-hydrogen) atoms. The lowest BCUT2D eigenvalue weighted by Gasteiger charge is -2.22. The summed E-state index contributed by atoms with van der Waals surface area (Å²) in [6.07, 6.45) is 17.6. The van der Waals surface area contributed by atoms with Crippen LogP contribution in [0.2, 0.25) is 0 Å². The number of carboxylic acid groups (broad SMARTS) is 2. The van der Waals surface area contributed by atoms with E-state index in [0.29, 0.717) is 48.9 Å². The Morgan fingerprint density at radius 1 is 0.600 bits per heavy atom. The largest absolute Gasteiger partial charge is 0.480 e. The fourth-order valence-corrected chi connectivity index (χ4v) is 7.81. The fraction of sp³-hybridized carbons (Fsp3) is 0.469. The molecule has 6 rings (SSSR count). The number of carbonyl (C=O) groups excluding carboxylic acids is 5. The Morgan fingerprint density at radius 3 is 1.45 bits per heavy atom. The Labute approximate surface area is 472 Å². The van der Waals surface area contributed by atoms with E-state index in [2.05, 4.69) is 11.9 Å². The molecule has 4 heterocycles. The molecule has 3 aromatic heterocycles. The molecule has 436 valence electrons. The smallest absolute Gasteiger partial charge is 0.335 e. The molecule has 0 saturated carbocycles. The maximum Gasteiger partial charge on any atom is 0.335 e. The highest BCUT2D eigenvalue weighted by molar-refractivity contribution is 6.03. The highest BCUT2D eigenvalue weighted by Crippen LogP contribution is 2.22. The minimum atomic E-state index is -1.01. The summed E-state index contributed by atoms with van der Waals surface area (Å²) in [4.78, 5) is 113. The predicted molar refractivity (Wildman–Crippen MR) is 317 cm³/mol. The van der Waals surface area contributed by atoms with Gasteiger partial charge in [0.05, 0.1) is 5.57 Å². The van der Waals surface area contributed by atoms with Crippen LogP contribution in [-0.2, 0) is 53.2 Å². The topological polar surface area (TPSA) is 238 Å². The van der Waals surface area contributed by atoms with Gasteiger partial charge in [0, 0.05) is 90.7 Å². The van der Waals surface area contributed by atoms with E-state index in [4.69, 9.17) is 10.2 Å². The first-order valence-corrected chi connectivity index (χ1v) is 27.2. The number of nitrogens with zero attached hydrogens (tertiary/aromatic N) is 3. The van der Waals surface area contributed by atoms with Gasteiger partial charge < -0.3 is 29.2 Å². The number of aromatic nitrogens is 3. The third-order valence-electron chi connectivity index (χ3n) is 13.0. The Hall–Kier alpha value is -7.62. The molecule has 0 aromatic carbocycles. The van der Waals surface area contributed by atoms with Crippen LogP contribution in [0.3, 0.4) is 0 Å². The van der Waals surface area contributed by atoms with Crippen molar-refractivity contribution in [3.05, 3.63) is 174 Å². The van der Waals surface area contributed by atoms with Crippen LogP contribution in [0, 0.1) is 23.2 Å². The number of Topliss-reactive ketones (excluding diaryl/α,β-unsaturated/α-hetero) is 4. The van der Waals surface area contributed by atoms with Crippen molar-refractivity contribution in [1.29, 1.82) is 0 Å². The average Bonchev–Trinajstić information content (AvgIpc) is 3.35. The van der Waals surface area contributed by atoms with E-state index >= 15 is 0 Å². The zero-order chi connectivity index (χ0) is 61.4. The van der Waals surface area contributed by atoms with Crippen LogP contribution in [0.1, 0.15) is 171 Å². The van der Waals surface area contributed by atoms with Crippen molar-refractivity contribution in [3.8, 4) is 0 Å². The SMILES string of the molecule is C=C1CC=C(C(C)C)C(=O)N1.CC(=O)C(C)(C)Cn1cccc(C(C)C)c1=O.CC(=O)CCn1cccc(C(C)C)c1=O.CC(C)C1=CC(C(=O)O)=CCC1=O.CC(C)C1=CC=CCC1=O.CC(C)c1cccn(CC(=O)O)c1=O. The summed E-state index contributed by atoms with van der Waals surface area (Å²) >= 11 is 0. The molecule has 0 spiro atoms. The zero-order valence-electron chi connectivity index (χ0n) is 50.1. The molecule has 0 bridgehead atoms. The fourth-order valence-electron chi connectivity index (χ4n) is 7.81. The van der Waals surface area contributed by atoms with Crippen molar-refractivity contribution >= 4 is 41.0 Å². The van der Waals surface area contributed by atoms with Gasteiger partial charge in [0.2, 0.25) is 0 Å². The number of ketones is 4. The Balaban J connectivity index is 0.000000484. The third kappa shape index (κ3) is 23.8. The van der Waals surface area contributed by atoms with Crippen LogP contribution in [0.25, 0.3) is 0 Å². The van der Waals surface area contributed by atoms with E-state index in [9.17, 15) is 47.9 Å². The number of aryl methyl sites for hydroxylation is 1.